The van der Waals surface area contributed by atoms with E-state index in [4.69, 9.17) is 26.0 Å². The van der Waals surface area contributed by atoms with E-state index < -0.39 is 18.2 Å². The summed E-state index contributed by atoms with van der Waals surface area (Å²) in [5, 5.41) is 16.5. The maximum atomic E-state index is 12.8. The van der Waals surface area contributed by atoms with Gasteiger partial charge in [0, 0.05) is 16.1 Å². The molecular weight excluding hydrogens is 504 g/mol. The van der Waals surface area contributed by atoms with Crippen LogP contribution in [0.2, 0.25) is 5.02 Å². The first-order valence-electron chi connectivity index (χ1n) is 12.5. The molecule has 1 aliphatic carbocycles. The quantitative estimate of drug-likeness (QED) is 0.258. The van der Waals surface area contributed by atoms with Gasteiger partial charge in [-0.15, -0.1) is 0 Å². The average molecular weight is 531 g/mol. The number of carbonyl (C=O) groups excluding carboxylic acids is 1. The Kier molecular flexibility index (Phi) is 7.20. The van der Waals surface area contributed by atoms with E-state index in [1.165, 1.54) is 5.56 Å². The van der Waals surface area contributed by atoms with E-state index in [0.717, 1.165) is 52.6 Å². The summed E-state index contributed by atoms with van der Waals surface area (Å²) in [5.74, 6) is -0.358. The fraction of sp³-hybridized carbons (Fsp3) is 0.233. The van der Waals surface area contributed by atoms with E-state index in [0.29, 0.717) is 22.2 Å². The first-order valence-corrected chi connectivity index (χ1v) is 12.8. The van der Waals surface area contributed by atoms with E-state index in [1.807, 2.05) is 54.6 Å². The van der Waals surface area contributed by atoms with Crippen molar-refractivity contribution in [2.45, 2.75) is 45.6 Å². The topological polar surface area (TPSA) is 102 Å². The van der Waals surface area contributed by atoms with Gasteiger partial charge in [0.1, 0.15) is 17.5 Å². The Hall–Kier alpha value is -4.10. The van der Waals surface area contributed by atoms with Gasteiger partial charge in [-0.2, -0.15) is 0 Å². The van der Waals surface area contributed by atoms with Crippen molar-refractivity contribution in [1.82, 2.24) is 5.16 Å². The fourth-order valence-corrected chi connectivity index (χ4v) is 5.32. The van der Waals surface area contributed by atoms with Crippen LogP contribution in [0.25, 0.3) is 22.5 Å². The van der Waals surface area contributed by atoms with E-state index in [9.17, 15) is 9.59 Å². The molecule has 1 aliphatic rings. The van der Waals surface area contributed by atoms with Crippen molar-refractivity contribution in [3.8, 4) is 22.5 Å². The van der Waals surface area contributed by atoms with Crippen molar-refractivity contribution in [2.75, 3.05) is 5.32 Å². The predicted octanol–water partition coefficient (Wildman–Crippen LogP) is 7.40. The lowest BCUT2D eigenvalue weighted by Gasteiger charge is -2.16. The zero-order valence-corrected chi connectivity index (χ0v) is 21.8. The Labute approximate surface area is 225 Å². The van der Waals surface area contributed by atoms with E-state index in [1.54, 1.807) is 19.9 Å². The normalized spacial score (nSPS) is 13.1. The van der Waals surface area contributed by atoms with Gasteiger partial charge in [-0.05, 0) is 67.0 Å². The number of aromatic nitrogens is 1. The summed E-state index contributed by atoms with van der Waals surface area (Å²) in [4.78, 5) is 23.8. The molecule has 0 radical (unpaired) electrons. The number of aryl methyl sites for hydroxylation is 1. The minimum Gasteiger partial charge on any atom is -0.481 e. The van der Waals surface area contributed by atoms with Gasteiger partial charge < -0.3 is 14.4 Å². The standard InChI is InChI=1S/C30H27ClN2O5/c1-17-28(32-30(36)37-18(2)21-6-3-4-9-26(21)31)29(38-33-17)25-15-14-22(23-7-5-8-24(23)25)20-12-10-19(11-13-20)16-27(34)35/h3-4,6,9-15,18H,5,7-8,16H2,1-2H3,(H,32,36)(H,34,35). The fourth-order valence-electron chi connectivity index (χ4n) is 5.03. The lowest BCUT2D eigenvalue weighted by molar-refractivity contribution is -0.136. The van der Waals surface area contributed by atoms with Gasteiger partial charge in [-0.3, -0.25) is 10.1 Å². The molecule has 0 spiro atoms. The number of nitrogens with zero attached hydrogens (tertiary/aromatic N) is 1. The number of halogens is 1. The number of benzene rings is 3. The first-order chi connectivity index (χ1) is 18.3. The van der Waals surface area contributed by atoms with Gasteiger partial charge in [-0.25, -0.2) is 4.79 Å². The number of anilines is 1. The van der Waals surface area contributed by atoms with E-state index >= 15 is 0 Å². The summed E-state index contributed by atoms with van der Waals surface area (Å²) in [6, 6.07) is 18.9. The number of rotatable bonds is 7. The molecule has 1 heterocycles. The number of amides is 1. The van der Waals surface area contributed by atoms with Crippen LogP contribution in [0.3, 0.4) is 0 Å². The minimum atomic E-state index is -0.850. The summed E-state index contributed by atoms with van der Waals surface area (Å²) in [6.45, 7) is 3.54. The Morgan fingerprint density at radius 2 is 1.74 bits per heavy atom. The van der Waals surface area contributed by atoms with Gasteiger partial charge >= 0.3 is 12.1 Å². The van der Waals surface area contributed by atoms with Gasteiger partial charge in [0.2, 0.25) is 0 Å². The highest BCUT2D eigenvalue weighted by atomic mass is 35.5. The van der Waals surface area contributed by atoms with Crippen LogP contribution in [0, 0.1) is 6.92 Å². The molecule has 1 aromatic heterocycles. The van der Waals surface area contributed by atoms with Crippen LogP contribution in [0.1, 0.15) is 47.4 Å². The lowest BCUT2D eigenvalue weighted by Crippen LogP contribution is -2.17. The molecule has 0 saturated heterocycles. The molecule has 1 atom stereocenters. The van der Waals surface area contributed by atoms with Crippen molar-refractivity contribution < 1.29 is 24.0 Å². The van der Waals surface area contributed by atoms with Crippen LogP contribution in [0.15, 0.2) is 65.2 Å². The molecule has 1 unspecified atom stereocenters. The zero-order valence-electron chi connectivity index (χ0n) is 21.1. The van der Waals surface area contributed by atoms with Crippen LogP contribution < -0.4 is 5.32 Å². The molecule has 3 aromatic carbocycles. The molecule has 0 bridgehead atoms. The molecule has 5 rings (SSSR count). The summed E-state index contributed by atoms with van der Waals surface area (Å²) in [7, 11) is 0. The highest BCUT2D eigenvalue weighted by Gasteiger charge is 2.26. The number of hydrogen-bond donors (Lipinski definition) is 2. The van der Waals surface area contributed by atoms with Crippen LogP contribution in [0.4, 0.5) is 10.5 Å². The molecule has 1 amide bonds. The van der Waals surface area contributed by atoms with Crippen molar-refractivity contribution >= 4 is 29.4 Å². The van der Waals surface area contributed by atoms with Crippen LogP contribution in [-0.4, -0.2) is 22.3 Å². The van der Waals surface area contributed by atoms with E-state index in [-0.39, 0.29) is 6.42 Å². The lowest BCUT2D eigenvalue weighted by atomic mass is 9.92. The maximum Gasteiger partial charge on any atom is 0.412 e. The van der Waals surface area contributed by atoms with Crippen molar-refractivity contribution in [3.05, 3.63) is 93.6 Å². The van der Waals surface area contributed by atoms with Crippen LogP contribution >= 0.6 is 11.6 Å². The molecule has 8 heteroatoms. The first kappa shape index (κ1) is 25.5. The molecule has 7 nitrogen and oxygen atoms in total. The second-order valence-corrected chi connectivity index (χ2v) is 9.81. The molecule has 0 saturated carbocycles. The predicted molar refractivity (Wildman–Crippen MR) is 145 cm³/mol. The van der Waals surface area contributed by atoms with Crippen LogP contribution in [-0.2, 0) is 28.8 Å². The second-order valence-electron chi connectivity index (χ2n) is 9.40. The molecular formula is C30H27ClN2O5. The van der Waals surface area contributed by atoms with Crippen molar-refractivity contribution in [2.24, 2.45) is 0 Å². The number of hydrogen-bond acceptors (Lipinski definition) is 5. The SMILES string of the molecule is Cc1noc(-c2ccc(-c3ccc(CC(=O)O)cc3)c3c2CCC3)c1NC(=O)OC(C)c1ccccc1Cl. The average Bonchev–Trinajstić information content (AvgIpc) is 3.51. The number of carboxylic acid groups (broad SMARTS) is 1. The number of carbonyl (C=O) groups is 2. The Bertz CT molecular complexity index is 1510. The van der Waals surface area contributed by atoms with Crippen LogP contribution in [0.5, 0.6) is 0 Å². The Balaban J connectivity index is 1.41. The number of aliphatic carboxylic acids is 1. The highest BCUT2D eigenvalue weighted by Crippen LogP contribution is 2.42. The smallest absolute Gasteiger partial charge is 0.412 e. The summed E-state index contributed by atoms with van der Waals surface area (Å²) >= 11 is 6.25. The number of fused-ring (bicyclic) bond motifs is 1. The third-order valence-electron chi connectivity index (χ3n) is 6.87. The van der Waals surface area contributed by atoms with E-state index in [2.05, 4.69) is 10.5 Å². The Morgan fingerprint density at radius 3 is 2.45 bits per heavy atom. The summed E-state index contributed by atoms with van der Waals surface area (Å²) in [5.41, 5.74) is 7.92. The monoisotopic (exact) mass is 530 g/mol. The maximum absolute atomic E-state index is 12.8. The molecule has 0 fully saturated rings. The highest BCUT2D eigenvalue weighted by molar-refractivity contribution is 6.31. The molecule has 194 valence electrons. The second kappa shape index (κ2) is 10.7. The summed E-state index contributed by atoms with van der Waals surface area (Å²) in [6.07, 6.45) is 1.63. The van der Waals surface area contributed by atoms with Gasteiger partial charge in [0.25, 0.3) is 0 Å². The van der Waals surface area contributed by atoms with Gasteiger partial charge in [-0.1, -0.05) is 71.4 Å². The Morgan fingerprint density at radius 1 is 1.05 bits per heavy atom. The van der Waals surface area contributed by atoms with Gasteiger partial charge in [0.05, 0.1) is 6.42 Å². The molecule has 4 aromatic rings. The minimum absolute atomic E-state index is 0.00243. The molecule has 38 heavy (non-hydrogen) atoms. The molecule has 2 N–H and O–H groups in total. The third-order valence-corrected chi connectivity index (χ3v) is 7.21. The largest absolute Gasteiger partial charge is 0.481 e. The van der Waals surface area contributed by atoms with Crippen molar-refractivity contribution in [1.29, 1.82) is 0 Å². The number of nitrogens with one attached hydrogen (secondary N) is 1. The van der Waals surface area contributed by atoms with Crippen molar-refractivity contribution in [3.63, 3.8) is 0 Å². The third kappa shape index (κ3) is 5.15. The summed E-state index contributed by atoms with van der Waals surface area (Å²) < 4.78 is 11.3. The number of ether oxygens (including phenoxy) is 1. The van der Waals surface area contributed by atoms with Gasteiger partial charge in [0.15, 0.2) is 5.76 Å². The zero-order chi connectivity index (χ0) is 26.8. The number of carboxylic acids is 1. The molecule has 0 aliphatic heterocycles.